The minimum absolute atomic E-state index is 0.0297. The van der Waals surface area contributed by atoms with Crippen molar-refractivity contribution in [1.29, 1.82) is 0 Å². The third-order valence-electron chi connectivity index (χ3n) is 5.12. The lowest BCUT2D eigenvalue weighted by molar-refractivity contribution is -0.129. The van der Waals surface area contributed by atoms with Crippen LogP contribution in [0.5, 0.6) is 11.5 Å². The fourth-order valence-corrected chi connectivity index (χ4v) is 4.36. The minimum Gasteiger partial charge on any atom is -0.490 e. The van der Waals surface area contributed by atoms with Gasteiger partial charge in [-0.1, -0.05) is 41.4 Å². The second-order valence-corrected chi connectivity index (χ2v) is 9.74. The van der Waals surface area contributed by atoms with E-state index in [1.165, 1.54) is 24.3 Å². The highest BCUT2D eigenvalue weighted by Crippen LogP contribution is 2.32. The number of aliphatic imine (C=N–C) groups is 1. The Morgan fingerprint density at radius 1 is 1.00 bits per heavy atom. The lowest BCUT2D eigenvalue weighted by Crippen LogP contribution is -2.11. The van der Waals surface area contributed by atoms with Crippen molar-refractivity contribution in [3.05, 3.63) is 93.6 Å². The predicted octanol–water partition coefficient (Wildman–Crippen LogP) is 5.47. The molecule has 1 aliphatic rings. The Kier molecular flexibility index (Phi) is 6.95. The monoisotopic (exact) mass is 511 g/mol. The van der Waals surface area contributed by atoms with Gasteiger partial charge in [0.15, 0.2) is 17.2 Å². The molecule has 3 aromatic rings. The van der Waals surface area contributed by atoms with Crippen molar-refractivity contribution in [1.82, 2.24) is 0 Å². The molecule has 1 aliphatic heterocycles. The van der Waals surface area contributed by atoms with Crippen LogP contribution in [0.15, 0.2) is 76.2 Å². The molecular formula is C26H22ClNO6S. The van der Waals surface area contributed by atoms with Gasteiger partial charge in [-0.15, -0.1) is 0 Å². The number of aryl methyl sites for hydroxylation is 2. The number of halogens is 1. The van der Waals surface area contributed by atoms with Gasteiger partial charge >= 0.3 is 16.1 Å². The molecule has 180 valence electrons. The number of esters is 1. The van der Waals surface area contributed by atoms with Crippen molar-refractivity contribution in [3.8, 4) is 11.5 Å². The fourth-order valence-electron chi connectivity index (χ4n) is 3.24. The fraction of sp³-hybridized carbons (Fsp3) is 0.154. The number of carbonyl (C=O) groups is 1. The molecule has 0 N–H and O–H groups in total. The highest BCUT2D eigenvalue weighted by atomic mass is 35.5. The molecule has 0 fully saturated rings. The van der Waals surface area contributed by atoms with Gasteiger partial charge in [-0.3, -0.25) is 0 Å². The van der Waals surface area contributed by atoms with Crippen LogP contribution in [0.1, 0.15) is 29.2 Å². The molecule has 0 bridgehead atoms. The molecule has 0 radical (unpaired) electrons. The van der Waals surface area contributed by atoms with Gasteiger partial charge in [-0.2, -0.15) is 8.42 Å². The minimum atomic E-state index is -4.06. The van der Waals surface area contributed by atoms with Crippen LogP contribution in [0.2, 0.25) is 5.02 Å². The molecule has 0 spiro atoms. The summed E-state index contributed by atoms with van der Waals surface area (Å²) >= 11 is 6.17. The largest absolute Gasteiger partial charge is 0.490 e. The van der Waals surface area contributed by atoms with Crippen LogP contribution >= 0.6 is 11.6 Å². The van der Waals surface area contributed by atoms with Crippen LogP contribution in [-0.2, 0) is 19.6 Å². The number of rotatable bonds is 7. The zero-order valence-corrected chi connectivity index (χ0v) is 20.8. The van der Waals surface area contributed by atoms with E-state index in [9.17, 15) is 13.2 Å². The third-order valence-corrected chi connectivity index (χ3v) is 6.78. The van der Waals surface area contributed by atoms with Gasteiger partial charge in [0.1, 0.15) is 4.90 Å². The van der Waals surface area contributed by atoms with Gasteiger partial charge in [-0.25, -0.2) is 9.79 Å². The molecule has 0 aliphatic carbocycles. The van der Waals surface area contributed by atoms with Crippen molar-refractivity contribution in [2.24, 2.45) is 4.99 Å². The summed E-state index contributed by atoms with van der Waals surface area (Å²) in [5, 5.41) is 0.538. The summed E-state index contributed by atoms with van der Waals surface area (Å²) < 4.78 is 41.7. The SMILES string of the molecule is CCOc1cc(/C=C2/N=C(c3ccc(C)c(Cl)c3)OC2=O)ccc1OS(=O)(=O)c1ccc(C)cc1. The average Bonchev–Trinajstić information content (AvgIpc) is 3.18. The summed E-state index contributed by atoms with van der Waals surface area (Å²) in [4.78, 5) is 16.7. The van der Waals surface area contributed by atoms with Crippen molar-refractivity contribution in [3.63, 3.8) is 0 Å². The number of ether oxygens (including phenoxy) is 2. The Hall–Kier alpha value is -3.62. The molecule has 9 heteroatoms. The summed E-state index contributed by atoms with van der Waals surface area (Å²) in [6, 6.07) is 16.2. The second-order valence-electron chi connectivity index (χ2n) is 7.79. The Balaban J connectivity index is 1.63. The van der Waals surface area contributed by atoms with Crippen LogP contribution in [0.25, 0.3) is 6.08 Å². The maximum absolute atomic E-state index is 12.7. The molecule has 0 amide bonds. The van der Waals surface area contributed by atoms with Gasteiger partial charge in [0.25, 0.3) is 0 Å². The van der Waals surface area contributed by atoms with Gasteiger partial charge in [0.2, 0.25) is 5.90 Å². The van der Waals surface area contributed by atoms with Crippen LogP contribution in [-0.4, -0.2) is 26.9 Å². The Morgan fingerprint density at radius 2 is 1.74 bits per heavy atom. The number of cyclic esters (lactones) is 1. The van der Waals surface area contributed by atoms with Crippen molar-refractivity contribution in [2.45, 2.75) is 25.7 Å². The first-order valence-corrected chi connectivity index (χ1v) is 12.5. The van der Waals surface area contributed by atoms with E-state index < -0.39 is 16.1 Å². The lowest BCUT2D eigenvalue weighted by Gasteiger charge is -2.12. The highest BCUT2D eigenvalue weighted by Gasteiger charge is 2.25. The Bertz CT molecular complexity index is 1460. The van der Waals surface area contributed by atoms with Crippen LogP contribution < -0.4 is 8.92 Å². The van der Waals surface area contributed by atoms with E-state index in [4.69, 9.17) is 25.3 Å². The smallest absolute Gasteiger partial charge is 0.363 e. The first-order valence-electron chi connectivity index (χ1n) is 10.7. The Morgan fingerprint density at radius 3 is 2.43 bits per heavy atom. The quantitative estimate of drug-likeness (QED) is 0.237. The van der Waals surface area contributed by atoms with E-state index in [-0.39, 0.29) is 34.6 Å². The summed E-state index contributed by atoms with van der Waals surface area (Å²) in [6.07, 6.45) is 1.52. The first kappa shape index (κ1) is 24.5. The van der Waals surface area contributed by atoms with E-state index in [2.05, 4.69) is 4.99 Å². The van der Waals surface area contributed by atoms with Crippen LogP contribution in [0, 0.1) is 13.8 Å². The number of hydrogen-bond donors (Lipinski definition) is 0. The molecule has 3 aromatic carbocycles. The van der Waals surface area contributed by atoms with Crippen molar-refractivity contribution < 1.29 is 26.9 Å². The lowest BCUT2D eigenvalue weighted by atomic mass is 10.1. The first-order chi connectivity index (χ1) is 16.7. The second kappa shape index (κ2) is 9.93. The number of carbonyl (C=O) groups excluding carboxylic acids is 1. The highest BCUT2D eigenvalue weighted by molar-refractivity contribution is 7.87. The molecule has 0 saturated carbocycles. The standard InChI is InChI=1S/C26H22ClNO6S/c1-4-32-24-14-18(8-12-23(24)34-35(30,31)20-10-5-16(2)6-11-20)13-22-26(29)33-25(28-22)19-9-7-17(3)21(27)15-19/h5-15H,4H2,1-3H3/b22-13+. The van der Waals surface area contributed by atoms with Crippen molar-refractivity contribution in [2.75, 3.05) is 6.61 Å². The van der Waals surface area contributed by atoms with Crippen LogP contribution in [0.3, 0.4) is 0 Å². The summed E-state index contributed by atoms with van der Waals surface area (Å²) in [7, 11) is -4.06. The van der Waals surface area contributed by atoms with E-state index in [0.717, 1.165) is 11.1 Å². The van der Waals surface area contributed by atoms with E-state index in [0.29, 0.717) is 16.1 Å². The number of benzene rings is 3. The zero-order chi connectivity index (χ0) is 25.2. The van der Waals surface area contributed by atoms with E-state index in [1.807, 2.05) is 19.9 Å². The zero-order valence-electron chi connectivity index (χ0n) is 19.2. The van der Waals surface area contributed by atoms with E-state index in [1.54, 1.807) is 43.3 Å². The van der Waals surface area contributed by atoms with Gasteiger partial charge in [-0.05, 0) is 74.4 Å². The molecule has 35 heavy (non-hydrogen) atoms. The third kappa shape index (κ3) is 5.55. The maximum atomic E-state index is 12.7. The summed E-state index contributed by atoms with van der Waals surface area (Å²) in [6.45, 7) is 5.77. The Labute approximate surface area is 208 Å². The average molecular weight is 512 g/mol. The summed E-state index contributed by atoms with van der Waals surface area (Å²) in [5.41, 5.74) is 3.04. The maximum Gasteiger partial charge on any atom is 0.363 e. The molecule has 4 rings (SSSR count). The number of nitrogens with zero attached hydrogens (tertiary/aromatic N) is 1. The van der Waals surface area contributed by atoms with E-state index >= 15 is 0 Å². The molecular weight excluding hydrogens is 490 g/mol. The predicted molar refractivity (Wildman–Crippen MR) is 133 cm³/mol. The number of hydrogen-bond acceptors (Lipinski definition) is 7. The van der Waals surface area contributed by atoms with Gasteiger partial charge < -0.3 is 13.7 Å². The molecule has 1 heterocycles. The molecule has 0 unspecified atom stereocenters. The molecule has 7 nitrogen and oxygen atoms in total. The normalized spacial score (nSPS) is 14.6. The topological polar surface area (TPSA) is 91.3 Å². The van der Waals surface area contributed by atoms with Gasteiger partial charge in [0, 0.05) is 10.6 Å². The van der Waals surface area contributed by atoms with Gasteiger partial charge in [0.05, 0.1) is 6.61 Å². The van der Waals surface area contributed by atoms with Crippen LogP contribution in [0.4, 0.5) is 0 Å². The molecule has 0 saturated heterocycles. The molecule has 0 aromatic heterocycles. The van der Waals surface area contributed by atoms with Crippen molar-refractivity contribution >= 4 is 39.7 Å². The molecule has 0 atom stereocenters. The summed E-state index contributed by atoms with van der Waals surface area (Å²) in [5.74, 6) is -0.227.